The smallest absolute Gasteiger partial charge is 0.246 e. The van der Waals surface area contributed by atoms with Crippen molar-refractivity contribution in [2.75, 3.05) is 39.5 Å². The average Bonchev–Trinajstić information content (AvgIpc) is 3.53. The van der Waals surface area contributed by atoms with E-state index in [1.807, 2.05) is 31.2 Å². The molecular formula is C28H38FN7O6S. The Morgan fingerprint density at radius 2 is 1.93 bits per heavy atom. The lowest BCUT2D eigenvalue weighted by Gasteiger charge is -2.35. The van der Waals surface area contributed by atoms with Gasteiger partial charge in [-0.05, 0) is 29.0 Å². The van der Waals surface area contributed by atoms with Gasteiger partial charge in [0.1, 0.15) is 24.8 Å². The van der Waals surface area contributed by atoms with E-state index in [1.165, 1.54) is 11.3 Å². The number of hydrogen-bond donors (Lipinski definition) is 3. The zero-order chi connectivity index (χ0) is 31.6. The van der Waals surface area contributed by atoms with Gasteiger partial charge in [-0.15, -0.1) is 11.3 Å². The summed E-state index contributed by atoms with van der Waals surface area (Å²) in [5.41, 5.74) is 11.9. The zero-order valence-corrected chi connectivity index (χ0v) is 25.5. The first-order chi connectivity index (χ1) is 20.4. The number of β-amino-alcohol motifs (C(OH)–C–C–N with tert-alkyl or cyclic N) is 1. The fourth-order valence-electron chi connectivity index (χ4n) is 4.51. The SMILES string of the molecule is Cc1ncsc1-c1ccc(CNC(=O)C2C(F)C(O)CN2C(=O)C(NC(=O)COCCOCCN=[N+]=[N-])C(C)(C)C)cc1. The van der Waals surface area contributed by atoms with Crippen LogP contribution >= 0.6 is 11.3 Å². The van der Waals surface area contributed by atoms with Crippen molar-refractivity contribution in [3.63, 3.8) is 0 Å². The van der Waals surface area contributed by atoms with E-state index in [2.05, 4.69) is 25.6 Å². The third-order valence-electron chi connectivity index (χ3n) is 6.79. The second kappa shape index (κ2) is 15.7. The Labute approximate surface area is 253 Å². The molecule has 1 aliphatic heterocycles. The van der Waals surface area contributed by atoms with Gasteiger partial charge in [0.25, 0.3) is 0 Å². The standard InChI is InChI=1S/C28H38FN7O6S/c1-17-24(43-16-32-17)19-7-5-18(6-8-19)13-31-26(39)23-22(29)20(37)14-36(23)27(40)25(28(2,3)4)34-21(38)15-42-12-11-41-10-9-33-35-30/h5-8,16,20,22-23,25,37H,9-15H2,1-4H3,(H,31,39)(H,34,38). The van der Waals surface area contributed by atoms with Gasteiger partial charge in [0.2, 0.25) is 17.7 Å². The van der Waals surface area contributed by atoms with Crippen LogP contribution in [-0.4, -0.2) is 96.6 Å². The molecule has 15 heteroatoms. The van der Waals surface area contributed by atoms with Gasteiger partial charge in [-0.1, -0.05) is 50.2 Å². The van der Waals surface area contributed by atoms with E-state index < -0.39 is 54.0 Å². The van der Waals surface area contributed by atoms with E-state index in [0.717, 1.165) is 26.6 Å². The molecule has 0 saturated carbocycles. The molecule has 4 atom stereocenters. The van der Waals surface area contributed by atoms with Crippen molar-refractivity contribution in [2.45, 2.75) is 58.6 Å². The molecule has 3 rings (SSSR count). The van der Waals surface area contributed by atoms with Crippen molar-refractivity contribution in [1.82, 2.24) is 20.5 Å². The van der Waals surface area contributed by atoms with Crippen molar-refractivity contribution in [2.24, 2.45) is 10.5 Å². The Bertz CT molecular complexity index is 1300. The van der Waals surface area contributed by atoms with Crippen LogP contribution in [0.4, 0.5) is 4.39 Å². The summed E-state index contributed by atoms with van der Waals surface area (Å²) in [6.07, 6.45) is -3.56. The molecule has 1 fully saturated rings. The van der Waals surface area contributed by atoms with E-state index >= 15 is 4.39 Å². The van der Waals surface area contributed by atoms with Gasteiger partial charge in [0, 0.05) is 18.0 Å². The summed E-state index contributed by atoms with van der Waals surface area (Å²) < 4.78 is 25.6. The highest BCUT2D eigenvalue weighted by molar-refractivity contribution is 7.13. The van der Waals surface area contributed by atoms with Gasteiger partial charge in [-0.2, -0.15) is 0 Å². The number of aliphatic hydroxyl groups excluding tert-OH is 1. The Balaban J connectivity index is 1.59. The molecule has 1 aromatic heterocycles. The molecule has 3 amide bonds. The fourth-order valence-corrected chi connectivity index (χ4v) is 5.32. The lowest BCUT2D eigenvalue weighted by molar-refractivity contribution is -0.145. The molecule has 0 bridgehead atoms. The van der Waals surface area contributed by atoms with Crippen LogP contribution in [0.3, 0.4) is 0 Å². The first-order valence-electron chi connectivity index (χ1n) is 13.8. The fraction of sp³-hybridized carbons (Fsp3) is 0.571. The van der Waals surface area contributed by atoms with Crippen LogP contribution in [0.5, 0.6) is 0 Å². The molecule has 43 heavy (non-hydrogen) atoms. The maximum absolute atomic E-state index is 15.1. The van der Waals surface area contributed by atoms with Crippen LogP contribution in [0.2, 0.25) is 0 Å². The summed E-state index contributed by atoms with van der Waals surface area (Å²) in [7, 11) is 0. The lowest BCUT2D eigenvalue weighted by Crippen LogP contribution is -2.59. The minimum Gasteiger partial charge on any atom is -0.388 e. The largest absolute Gasteiger partial charge is 0.388 e. The molecule has 1 aliphatic rings. The van der Waals surface area contributed by atoms with E-state index in [4.69, 9.17) is 15.0 Å². The third-order valence-corrected chi connectivity index (χ3v) is 7.77. The van der Waals surface area contributed by atoms with Crippen LogP contribution in [0, 0.1) is 12.3 Å². The highest BCUT2D eigenvalue weighted by atomic mass is 32.1. The maximum Gasteiger partial charge on any atom is 0.246 e. The van der Waals surface area contributed by atoms with Gasteiger partial charge in [-0.3, -0.25) is 14.4 Å². The van der Waals surface area contributed by atoms with Crippen LogP contribution in [-0.2, 0) is 30.4 Å². The molecule has 1 aromatic carbocycles. The van der Waals surface area contributed by atoms with Gasteiger partial charge in [0.05, 0.1) is 42.4 Å². The molecule has 0 radical (unpaired) electrons. The van der Waals surface area contributed by atoms with E-state index in [9.17, 15) is 19.5 Å². The molecule has 0 spiro atoms. The Kier molecular flexibility index (Phi) is 12.4. The number of amides is 3. The van der Waals surface area contributed by atoms with Gasteiger partial charge in [0.15, 0.2) is 6.17 Å². The van der Waals surface area contributed by atoms with Gasteiger partial charge in [-0.25, -0.2) is 9.37 Å². The molecule has 4 unspecified atom stereocenters. The Hall–Kier alpha value is -3.62. The lowest BCUT2D eigenvalue weighted by atomic mass is 9.85. The molecule has 2 heterocycles. The molecule has 13 nitrogen and oxygen atoms in total. The van der Waals surface area contributed by atoms with Crippen molar-refractivity contribution in [3.8, 4) is 10.4 Å². The van der Waals surface area contributed by atoms with Crippen LogP contribution in [0.25, 0.3) is 20.9 Å². The van der Waals surface area contributed by atoms with Crippen molar-refractivity contribution in [3.05, 3.63) is 51.5 Å². The summed E-state index contributed by atoms with van der Waals surface area (Å²) in [5.74, 6) is -2.02. The van der Waals surface area contributed by atoms with Crippen LogP contribution in [0.15, 0.2) is 34.9 Å². The summed E-state index contributed by atoms with van der Waals surface area (Å²) in [6, 6.07) is 4.82. The van der Waals surface area contributed by atoms with Crippen LogP contribution < -0.4 is 10.6 Å². The van der Waals surface area contributed by atoms with E-state index in [0.29, 0.717) is 0 Å². The van der Waals surface area contributed by atoms with Crippen molar-refractivity contribution >= 4 is 29.1 Å². The molecule has 1 saturated heterocycles. The van der Waals surface area contributed by atoms with E-state index in [-0.39, 0.29) is 39.5 Å². The second-order valence-electron chi connectivity index (χ2n) is 11.1. The predicted molar refractivity (Wildman–Crippen MR) is 158 cm³/mol. The summed E-state index contributed by atoms with van der Waals surface area (Å²) in [4.78, 5) is 48.3. The molecule has 3 N–H and O–H groups in total. The predicted octanol–water partition coefficient (Wildman–Crippen LogP) is 2.52. The maximum atomic E-state index is 15.1. The third kappa shape index (κ3) is 9.43. The first-order valence-corrected chi connectivity index (χ1v) is 14.7. The number of aromatic nitrogens is 1. The van der Waals surface area contributed by atoms with Crippen LogP contribution in [0.1, 0.15) is 32.0 Å². The molecule has 2 aromatic rings. The number of rotatable bonds is 14. The van der Waals surface area contributed by atoms with E-state index in [1.54, 1.807) is 26.3 Å². The number of aryl methyl sites for hydroxylation is 1. The normalized spacial score (nSPS) is 19.0. The number of azide groups is 1. The number of aliphatic hydroxyl groups is 1. The number of hydrogen-bond acceptors (Lipinski definition) is 9. The number of thiazole rings is 1. The second-order valence-corrected chi connectivity index (χ2v) is 12.0. The molecule has 234 valence electrons. The van der Waals surface area contributed by atoms with Gasteiger partial charge < -0.3 is 30.1 Å². The number of likely N-dealkylation sites (tertiary alicyclic amines) is 1. The number of ether oxygens (including phenoxy) is 2. The number of carbonyl (C=O) groups excluding carboxylic acids is 3. The average molecular weight is 620 g/mol. The summed E-state index contributed by atoms with van der Waals surface area (Å²) in [6.45, 7) is 7.08. The number of alkyl halides is 1. The zero-order valence-electron chi connectivity index (χ0n) is 24.7. The topological polar surface area (TPSA) is 179 Å². The first kappa shape index (κ1) is 33.9. The Morgan fingerprint density at radius 1 is 1.23 bits per heavy atom. The summed E-state index contributed by atoms with van der Waals surface area (Å²) in [5, 5.41) is 18.9. The Morgan fingerprint density at radius 3 is 2.56 bits per heavy atom. The summed E-state index contributed by atoms with van der Waals surface area (Å²) >= 11 is 1.53. The molecular weight excluding hydrogens is 581 g/mol. The van der Waals surface area contributed by atoms with Crippen molar-refractivity contribution < 1.29 is 33.4 Å². The minimum absolute atomic E-state index is 0.0914. The number of benzene rings is 1. The highest BCUT2D eigenvalue weighted by Gasteiger charge is 2.50. The minimum atomic E-state index is -2.00. The number of carbonyl (C=O) groups is 3. The van der Waals surface area contributed by atoms with Crippen molar-refractivity contribution in [1.29, 1.82) is 0 Å². The van der Waals surface area contributed by atoms with Gasteiger partial charge >= 0.3 is 0 Å². The molecule has 0 aliphatic carbocycles. The number of halogens is 1. The number of nitrogens with one attached hydrogen (secondary N) is 2. The number of nitrogens with zero attached hydrogens (tertiary/aromatic N) is 5. The monoisotopic (exact) mass is 619 g/mol. The highest BCUT2D eigenvalue weighted by Crippen LogP contribution is 2.29. The quantitative estimate of drug-likeness (QED) is 0.126.